The molecule has 2 N–H and O–H groups in total. The van der Waals surface area contributed by atoms with E-state index in [2.05, 4.69) is 20.1 Å². The molecule has 0 fully saturated rings. The predicted molar refractivity (Wildman–Crippen MR) is 113 cm³/mol. The molecule has 154 valence electrons. The summed E-state index contributed by atoms with van der Waals surface area (Å²) < 4.78 is 30.2. The quantitative estimate of drug-likeness (QED) is 0.465. The Morgan fingerprint density at radius 2 is 1.93 bits per heavy atom. The van der Waals surface area contributed by atoms with Crippen molar-refractivity contribution >= 4 is 49.7 Å². The van der Waals surface area contributed by atoms with Crippen molar-refractivity contribution < 1.29 is 13.2 Å². The number of carbonyl (C=O) groups excluding carboxylic acids is 1. The minimum atomic E-state index is -3.77. The molecule has 1 aromatic carbocycles. The van der Waals surface area contributed by atoms with E-state index < -0.39 is 21.5 Å². The van der Waals surface area contributed by atoms with Crippen LogP contribution in [-0.4, -0.2) is 33.7 Å². The Labute approximate surface area is 174 Å². The standard InChI is InChI=1S/C18H16N6O4S2/c1-23-17-12(9-20-23)18(26)24(11-19-17)10-15(25)21-13-5-2-3-6-14(13)22-30(27,28)16-7-4-8-29-16/h2-9,11,22H,10H2,1H3,(H,21,25). The number of aryl methyl sites for hydroxylation is 1. The van der Waals surface area contributed by atoms with E-state index in [-0.39, 0.29) is 22.1 Å². The van der Waals surface area contributed by atoms with Gasteiger partial charge in [0, 0.05) is 7.05 Å². The van der Waals surface area contributed by atoms with Crippen molar-refractivity contribution in [1.29, 1.82) is 0 Å². The molecule has 30 heavy (non-hydrogen) atoms. The molecule has 4 aromatic rings. The third kappa shape index (κ3) is 3.82. The summed E-state index contributed by atoms with van der Waals surface area (Å²) in [6, 6.07) is 9.53. The van der Waals surface area contributed by atoms with Gasteiger partial charge in [-0.15, -0.1) is 11.3 Å². The zero-order valence-corrected chi connectivity index (χ0v) is 17.3. The highest BCUT2D eigenvalue weighted by atomic mass is 32.2. The molecule has 0 unspecified atom stereocenters. The van der Waals surface area contributed by atoms with E-state index in [0.717, 1.165) is 15.9 Å². The number of amides is 1. The summed E-state index contributed by atoms with van der Waals surface area (Å²) in [5.41, 5.74) is 0.512. The molecule has 0 bridgehead atoms. The molecular formula is C18H16N6O4S2. The fraction of sp³-hybridized carbons (Fsp3) is 0.111. The van der Waals surface area contributed by atoms with E-state index in [0.29, 0.717) is 11.0 Å². The van der Waals surface area contributed by atoms with E-state index in [1.165, 1.54) is 29.3 Å². The van der Waals surface area contributed by atoms with Gasteiger partial charge in [-0.25, -0.2) is 13.4 Å². The zero-order chi connectivity index (χ0) is 21.3. The molecule has 3 aromatic heterocycles. The molecule has 0 atom stereocenters. The van der Waals surface area contributed by atoms with Gasteiger partial charge in [0.25, 0.3) is 15.6 Å². The van der Waals surface area contributed by atoms with Crippen LogP contribution < -0.4 is 15.6 Å². The van der Waals surface area contributed by atoms with Crippen molar-refractivity contribution in [2.45, 2.75) is 10.8 Å². The van der Waals surface area contributed by atoms with Gasteiger partial charge < -0.3 is 5.32 Å². The van der Waals surface area contributed by atoms with E-state index in [1.54, 1.807) is 36.7 Å². The first-order chi connectivity index (χ1) is 14.3. The molecule has 12 heteroatoms. The minimum absolute atomic E-state index is 0.158. The van der Waals surface area contributed by atoms with Crippen LogP contribution in [0.3, 0.4) is 0 Å². The number of carbonyl (C=O) groups is 1. The molecule has 0 spiro atoms. The molecule has 0 aliphatic heterocycles. The Morgan fingerprint density at radius 1 is 1.17 bits per heavy atom. The number of nitrogens with zero attached hydrogens (tertiary/aromatic N) is 4. The van der Waals surface area contributed by atoms with E-state index in [9.17, 15) is 18.0 Å². The van der Waals surface area contributed by atoms with Crippen LogP contribution >= 0.6 is 11.3 Å². The Kier molecular flexibility index (Phi) is 5.10. The van der Waals surface area contributed by atoms with E-state index in [1.807, 2.05) is 0 Å². The Bertz CT molecular complexity index is 1390. The summed E-state index contributed by atoms with van der Waals surface area (Å²) in [7, 11) is -2.11. The van der Waals surface area contributed by atoms with Gasteiger partial charge in [0.05, 0.1) is 17.6 Å². The van der Waals surface area contributed by atoms with E-state index in [4.69, 9.17) is 0 Å². The maximum atomic E-state index is 12.5. The Balaban J connectivity index is 1.55. The molecule has 1 amide bonds. The van der Waals surface area contributed by atoms with Gasteiger partial charge in [-0.05, 0) is 23.6 Å². The monoisotopic (exact) mass is 444 g/mol. The van der Waals surface area contributed by atoms with Gasteiger partial charge in [-0.1, -0.05) is 18.2 Å². The third-order valence-electron chi connectivity index (χ3n) is 4.24. The molecule has 0 saturated carbocycles. The molecule has 0 radical (unpaired) electrons. The number of hydrogen-bond acceptors (Lipinski definition) is 7. The van der Waals surface area contributed by atoms with Crippen LogP contribution in [0.25, 0.3) is 11.0 Å². The normalized spacial score (nSPS) is 11.5. The van der Waals surface area contributed by atoms with Crippen LogP contribution in [0.1, 0.15) is 0 Å². The van der Waals surface area contributed by atoms with Gasteiger partial charge in [0.15, 0.2) is 5.65 Å². The largest absolute Gasteiger partial charge is 0.323 e. The lowest BCUT2D eigenvalue weighted by Gasteiger charge is -2.13. The first-order valence-corrected chi connectivity index (χ1v) is 11.0. The zero-order valence-electron chi connectivity index (χ0n) is 15.6. The lowest BCUT2D eigenvalue weighted by molar-refractivity contribution is -0.116. The molecular weight excluding hydrogens is 428 g/mol. The minimum Gasteiger partial charge on any atom is -0.323 e. The second-order valence-corrected chi connectivity index (χ2v) is 9.17. The average molecular weight is 444 g/mol. The number of para-hydroxylation sites is 2. The van der Waals surface area contributed by atoms with Gasteiger partial charge in [0.1, 0.15) is 22.5 Å². The lowest BCUT2D eigenvalue weighted by Crippen LogP contribution is -2.28. The maximum absolute atomic E-state index is 12.5. The highest BCUT2D eigenvalue weighted by molar-refractivity contribution is 7.94. The number of thiophene rings is 1. The summed E-state index contributed by atoms with van der Waals surface area (Å²) in [4.78, 5) is 29.2. The fourth-order valence-electron chi connectivity index (χ4n) is 2.82. The summed E-state index contributed by atoms with van der Waals surface area (Å²) in [6.45, 7) is -0.289. The van der Waals surface area contributed by atoms with Crippen molar-refractivity contribution in [2.75, 3.05) is 10.0 Å². The average Bonchev–Trinajstić information content (AvgIpc) is 3.37. The van der Waals surface area contributed by atoms with Crippen LogP contribution in [0.5, 0.6) is 0 Å². The summed E-state index contributed by atoms with van der Waals surface area (Å²) in [6.07, 6.45) is 2.67. The van der Waals surface area contributed by atoms with Crippen LogP contribution in [0.2, 0.25) is 0 Å². The summed E-state index contributed by atoms with van der Waals surface area (Å²) in [5, 5.41) is 8.59. The number of nitrogens with one attached hydrogen (secondary N) is 2. The van der Waals surface area contributed by atoms with Crippen molar-refractivity contribution in [3.8, 4) is 0 Å². The number of aromatic nitrogens is 4. The van der Waals surface area contributed by atoms with Crippen LogP contribution in [-0.2, 0) is 28.4 Å². The fourth-order valence-corrected chi connectivity index (χ4v) is 4.89. The number of rotatable bonds is 6. The SMILES string of the molecule is Cn1ncc2c(=O)n(CC(=O)Nc3ccccc3NS(=O)(=O)c3cccs3)cnc21. The molecule has 10 nitrogen and oxygen atoms in total. The number of anilines is 2. The van der Waals surface area contributed by atoms with Gasteiger partial charge in [-0.3, -0.25) is 23.6 Å². The lowest BCUT2D eigenvalue weighted by atomic mass is 10.2. The van der Waals surface area contributed by atoms with Gasteiger partial charge in [0.2, 0.25) is 5.91 Å². The number of fused-ring (bicyclic) bond motifs is 1. The number of hydrogen-bond donors (Lipinski definition) is 2. The molecule has 0 aliphatic rings. The Morgan fingerprint density at radius 3 is 2.67 bits per heavy atom. The van der Waals surface area contributed by atoms with Crippen LogP contribution in [0, 0.1) is 0 Å². The van der Waals surface area contributed by atoms with E-state index >= 15 is 0 Å². The summed E-state index contributed by atoms with van der Waals surface area (Å²) in [5.74, 6) is -0.509. The van der Waals surface area contributed by atoms with Gasteiger partial charge in [-0.2, -0.15) is 5.10 Å². The second-order valence-electron chi connectivity index (χ2n) is 6.31. The molecule has 0 aliphatic carbocycles. The summed E-state index contributed by atoms with van der Waals surface area (Å²) >= 11 is 1.09. The predicted octanol–water partition coefficient (Wildman–Crippen LogP) is 1.63. The highest BCUT2D eigenvalue weighted by Gasteiger charge is 2.18. The number of benzene rings is 1. The number of sulfonamides is 1. The maximum Gasteiger partial charge on any atom is 0.271 e. The van der Waals surface area contributed by atoms with Gasteiger partial charge >= 0.3 is 0 Å². The third-order valence-corrected chi connectivity index (χ3v) is 7.00. The Hall–Kier alpha value is -3.51. The first-order valence-electron chi connectivity index (χ1n) is 8.67. The topological polar surface area (TPSA) is 128 Å². The second kappa shape index (κ2) is 7.72. The van der Waals surface area contributed by atoms with Crippen LogP contribution in [0.15, 0.2) is 63.3 Å². The molecule has 4 rings (SSSR count). The molecule has 0 saturated heterocycles. The highest BCUT2D eigenvalue weighted by Crippen LogP contribution is 2.26. The van der Waals surface area contributed by atoms with Crippen LogP contribution in [0.4, 0.5) is 11.4 Å². The van der Waals surface area contributed by atoms with Crippen molar-refractivity contribution in [1.82, 2.24) is 19.3 Å². The smallest absolute Gasteiger partial charge is 0.271 e. The first kappa shape index (κ1) is 19.8. The van der Waals surface area contributed by atoms with Crippen molar-refractivity contribution in [3.63, 3.8) is 0 Å². The van der Waals surface area contributed by atoms with Crippen molar-refractivity contribution in [2.24, 2.45) is 7.05 Å². The molecule has 3 heterocycles. The van der Waals surface area contributed by atoms with Crippen molar-refractivity contribution in [3.05, 3.63) is 64.7 Å².